The van der Waals surface area contributed by atoms with Gasteiger partial charge in [0, 0.05) is 23.7 Å². The minimum Gasteiger partial charge on any atom is -0.493 e. The molecule has 0 bridgehead atoms. The van der Waals surface area contributed by atoms with Crippen LogP contribution in [0.1, 0.15) is 29.0 Å². The molecule has 2 N–H and O–H groups in total. The Kier molecular flexibility index (Phi) is 6.55. The lowest BCUT2D eigenvalue weighted by Gasteiger charge is -2.26. The Bertz CT molecular complexity index is 1260. The Labute approximate surface area is 193 Å². The Morgan fingerprint density at radius 2 is 1.82 bits per heavy atom. The fourth-order valence-corrected chi connectivity index (χ4v) is 4.69. The molecule has 1 aliphatic rings. The van der Waals surface area contributed by atoms with Crippen molar-refractivity contribution in [2.45, 2.75) is 23.2 Å². The standard InChI is InChI=1S/C23H22FN3O5S/c1-30-16-9-8-13(19(31-2)20(16)32-3)14-10-17(28)25-21-18(14)22(29)27-23(26-21)33-11-12-6-4-5-7-15(12)24/h4-9,14H,10-11H2,1-3H3,(H2,25,26,27,28,29)/t14-/m1/s1. The molecule has 10 heteroatoms. The zero-order chi connectivity index (χ0) is 23.5. The number of hydrogen-bond acceptors (Lipinski definition) is 7. The van der Waals surface area contributed by atoms with Gasteiger partial charge in [-0.1, -0.05) is 36.0 Å². The Morgan fingerprint density at radius 3 is 2.52 bits per heavy atom. The van der Waals surface area contributed by atoms with Crippen LogP contribution >= 0.6 is 11.8 Å². The van der Waals surface area contributed by atoms with E-state index in [0.717, 1.165) is 0 Å². The van der Waals surface area contributed by atoms with Gasteiger partial charge in [-0.15, -0.1) is 0 Å². The number of nitrogens with one attached hydrogen (secondary N) is 2. The van der Waals surface area contributed by atoms with E-state index >= 15 is 0 Å². The van der Waals surface area contributed by atoms with Gasteiger partial charge in [0.05, 0.1) is 26.9 Å². The SMILES string of the molecule is COc1ccc([C@H]2CC(=O)Nc3nc(SCc4ccccc4F)[nH]c(=O)c32)c(OC)c1OC. The zero-order valence-electron chi connectivity index (χ0n) is 18.2. The van der Waals surface area contributed by atoms with Gasteiger partial charge in [0.15, 0.2) is 16.7 Å². The molecule has 1 aliphatic heterocycles. The molecule has 1 atom stereocenters. The number of methoxy groups -OCH3 is 3. The average Bonchev–Trinajstić information content (AvgIpc) is 2.81. The summed E-state index contributed by atoms with van der Waals surface area (Å²) in [6.45, 7) is 0. The summed E-state index contributed by atoms with van der Waals surface area (Å²) in [6.07, 6.45) is 0.0331. The number of carbonyl (C=O) groups excluding carboxylic acids is 1. The third-order valence-corrected chi connectivity index (χ3v) is 6.28. The molecule has 0 spiro atoms. The summed E-state index contributed by atoms with van der Waals surface area (Å²) in [5.74, 6) is 0.428. The number of aromatic amines is 1. The molecule has 0 radical (unpaired) electrons. The molecule has 4 rings (SSSR count). The molecule has 3 aromatic rings. The van der Waals surface area contributed by atoms with Crippen LogP contribution in [0.2, 0.25) is 0 Å². The van der Waals surface area contributed by atoms with Crippen LogP contribution in [0.3, 0.4) is 0 Å². The number of amides is 1. The van der Waals surface area contributed by atoms with Crippen LogP contribution in [0.25, 0.3) is 0 Å². The second-order valence-electron chi connectivity index (χ2n) is 7.24. The maximum atomic E-state index is 13.9. The summed E-state index contributed by atoms with van der Waals surface area (Å²) in [5.41, 5.74) is 1.01. The second-order valence-corrected chi connectivity index (χ2v) is 8.21. The van der Waals surface area contributed by atoms with E-state index in [0.29, 0.717) is 33.9 Å². The third-order valence-electron chi connectivity index (χ3n) is 5.36. The quantitative estimate of drug-likeness (QED) is 0.400. The number of carbonyl (C=O) groups is 1. The van der Waals surface area contributed by atoms with Crippen molar-refractivity contribution in [1.29, 1.82) is 0 Å². The van der Waals surface area contributed by atoms with Crippen molar-refractivity contribution < 1.29 is 23.4 Å². The monoisotopic (exact) mass is 471 g/mol. The van der Waals surface area contributed by atoms with Crippen LogP contribution in [-0.2, 0) is 10.5 Å². The van der Waals surface area contributed by atoms with Crippen molar-refractivity contribution >= 4 is 23.5 Å². The smallest absolute Gasteiger partial charge is 0.257 e. The number of anilines is 1. The van der Waals surface area contributed by atoms with Crippen molar-refractivity contribution in [3.63, 3.8) is 0 Å². The summed E-state index contributed by atoms with van der Waals surface area (Å²) in [6, 6.07) is 9.83. The lowest BCUT2D eigenvalue weighted by molar-refractivity contribution is -0.116. The van der Waals surface area contributed by atoms with Crippen LogP contribution in [0, 0.1) is 5.82 Å². The predicted octanol–water partition coefficient (Wildman–Crippen LogP) is 3.70. The van der Waals surface area contributed by atoms with Gasteiger partial charge >= 0.3 is 0 Å². The molecule has 0 saturated carbocycles. The second kappa shape index (κ2) is 9.53. The highest BCUT2D eigenvalue weighted by Gasteiger charge is 2.34. The van der Waals surface area contributed by atoms with E-state index < -0.39 is 11.5 Å². The molecule has 2 heterocycles. The molecule has 172 valence electrons. The third kappa shape index (κ3) is 4.38. The van der Waals surface area contributed by atoms with Gasteiger partial charge in [-0.25, -0.2) is 9.37 Å². The number of rotatable bonds is 7. The van der Waals surface area contributed by atoms with Crippen molar-refractivity contribution in [1.82, 2.24) is 9.97 Å². The molecule has 1 aromatic heterocycles. The largest absolute Gasteiger partial charge is 0.493 e. The summed E-state index contributed by atoms with van der Waals surface area (Å²) >= 11 is 1.17. The summed E-state index contributed by atoms with van der Waals surface area (Å²) in [7, 11) is 4.48. The summed E-state index contributed by atoms with van der Waals surface area (Å²) in [4.78, 5) is 32.8. The van der Waals surface area contributed by atoms with Crippen molar-refractivity contribution in [3.05, 3.63) is 69.3 Å². The van der Waals surface area contributed by atoms with Gasteiger partial charge in [0.1, 0.15) is 11.6 Å². The highest BCUT2D eigenvalue weighted by molar-refractivity contribution is 7.98. The number of fused-ring (bicyclic) bond motifs is 1. The lowest BCUT2D eigenvalue weighted by Crippen LogP contribution is -2.31. The van der Waals surface area contributed by atoms with Crippen LogP contribution < -0.4 is 25.1 Å². The number of thioether (sulfide) groups is 1. The number of nitrogens with zero attached hydrogens (tertiary/aromatic N) is 1. The topological polar surface area (TPSA) is 103 Å². The summed E-state index contributed by atoms with van der Waals surface area (Å²) < 4.78 is 30.3. The van der Waals surface area contributed by atoms with Crippen molar-refractivity contribution in [2.75, 3.05) is 26.6 Å². The first-order valence-electron chi connectivity index (χ1n) is 10.1. The van der Waals surface area contributed by atoms with E-state index in [1.807, 2.05) is 0 Å². The van der Waals surface area contributed by atoms with E-state index in [1.165, 1.54) is 39.2 Å². The van der Waals surface area contributed by atoms with Gasteiger partial charge < -0.3 is 24.5 Å². The van der Waals surface area contributed by atoms with Gasteiger partial charge in [-0.3, -0.25) is 9.59 Å². The van der Waals surface area contributed by atoms with E-state index in [1.54, 1.807) is 30.3 Å². The fraction of sp³-hybridized carbons (Fsp3) is 0.261. The number of hydrogen-bond donors (Lipinski definition) is 2. The molecule has 8 nitrogen and oxygen atoms in total. The molecule has 0 aliphatic carbocycles. The Morgan fingerprint density at radius 1 is 1.06 bits per heavy atom. The normalized spacial score (nSPS) is 14.9. The Balaban J connectivity index is 1.74. The highest BCUT2D eigenvalue weighted by atomic mass is 32.2. The molecule has 2 aromatic carbocycles. The maximum Gasteiger partial charge on any atom is 0.257 e. The van der Waals surface area contributed by atoms with E-state index in [2.05, 4.69) is 15.3 Å². The van der Waals surface area contributed by atoms with Gasteiger partial charge in [-0.05, 0) is 17.7 Å². The molecule has 0 saturated heterocycles. The van der Waals surface area contributed by atoms with Crippen LogP contribution in [0.4, 0.5) is 10.2 Å². The van der Waals surface area contributed by atoms with Crippen LogP contribution in [-0.4, -0.2) is 37.2 Å². The first kappa shape index (κ1) is 22.7. The highest BCUT2D eigenvalue weighted by Crippen LogP contribution is 2.46. The maximum absolute atomic E-state index is 13.9. The van der Waals surface area contributed by atoms with E-state index in [-0.39, 0.29) is 34.9 Å². The fourth-order valence-electron chi connectivity index (χ4n) is 3.85. The predicted molar refractivity (Wildman–Crippen MR) is 122 cm³/mol. The Hall–Kier alpha value is -3.53. The number of H-pyrrole nitrogens is 1. The van der Waals surface area contributed by atoms with Crippen molar-refractivity contribution in [2.24, 2.45) is 0 Å². The molecule has 1 amide bonds. The minimum atomic E-state index is -0.606. The average molecular weight is 472 g/mol. The molecule has 33 heavy (non-hydrogen) atoms. The number of benzene rings is 2. The van der Waals surface area contributed by atoms with Gasteiger partial charge in [-0.2, -0.15) is 0 Å². The van der Waals surface area contributed by atoms with Crippen molar-refractivity contribution in [3.8, 4) is 17.2 Å². The first-order chi connectivity index (χ1) is 16.0. The molecular weight excluding hydrogens is 449 g/mol. The minimum absolute atomic E-state index is 0.0331. The van der Waals surface area contributed by atoms with Crippen LogP contribution in [0.15, 0.2) is 46.3 Å². The number of ether oxygens (including phenoxy) is 3. The molecular formula is C23H22FN3O5S. The number of halogens is 1. The molecule has 0 fully saturated rings. The first-order valence-corrected chi connectivity index (χ1v) is 11.0. The summed E-state index contributed by atoms with van der Waals surface area (Å²) in [5, 5.41) is 2.96. The van der Waals surface area contributed by atoms with Gasteiger partial charge in [0.2, 0.25) is 11.7 Å². The van der Waals surface area contributed by atoms with Crippen LogP contribution in [0.5, 0.6) is 17.2 Å². The zero-order valence-corrected chi connectivity index (χ0v) is 19.0. The van der Waals surface area contributed by atoms with E-state index in [9.17, 15) is 14.0 Å². The van der Waals surface area contributed by atoms with Gasteiger partial charge in [0.25, 0.3) is 5.56 Å². The van der Waals surface area contributed by atoms with E-state index in [4.69, 9.17) is 14.2 Å². The number of aromatic nitrogens is 2. The molecule has 0 unspecified atom stereocenters. The lowest BCUT2D eigenvalue weighted by atomic mass is 9.86.